The molecule has 3 rings (SSSR count). The summed E-state index contributed by atoms with van der Waals surface area (Å²) in [6.07, 6.45) is 0. The topological polar surface area (TPSA) is 24.5 Å². The van der Waals surface area contributed by atoms with E-state index in [1.165, 1.54) is 16.5 Å². The molecule has 4 heteroatoms. The van der Waals surface area contributed by atoms with Crippen LogP contribution in [0.25, 0.3) is 10.8 Å². The molecule has 2 aromatic rings. The number of alkyl halides is 1. The Balaban J connectivity index is 1.96. The van der Waals surface area contributed by atoms with E-state index in [1.807, 2.05) is 6.07 Å². The third-order valence-corrected chi connectivity index (χ3v) is 5.64. The van der Waals surface area contributed by atoms with Crippen LogP contribution in [0.2, 0.25) is 0 Å². The highest BCUT2D eigenvalue weighted by Crippen LogP contribution is 2.29. The van der Waals surface area contributed by atoms with Gasteiger partial charge in [0.25, 0.3) is 0 Å². The minimum atomic E-state index is 0.483. The van der Waals surface area contributed by atoms with E-state index in [4.69, 9.17) is 4.74 Å². The fourth-order valence-electron chi connectivity index (χ4n) is 2.69. The number of ether oxygens (including phenoxy) is 1. The van der Waals surface area contributed by atoms with E-state index >= 15 is 0 Å². The smallest absolute Gasteiger partial charge is 0.119 e. The van der Waals surface area contributed by atoms with Gasteiger partial charge in [-0.15, -0.1) is 0 Å². The second-order valence-electron chi connectivity index (χ2n) is 5.21. The van der Waals surface area contributed by atoms with Gasteiger partial charge in [0.05, 0.1) is 11.2 Å². The lowest BCUT2D eigenvalue weighted by molar-refractivity contribution is 0.415. The normalized spacial score (nSPS) is 23.1. The van der Waals surface area contributed by atoms with E-state index in [9.17, 15) is 0 Å². The van der Waals surface area contributed by atoms with Gasteiger partial charge in [0.2, 0.25) is 0 Å². The number of methoxy groups -OCH3 is 1. The molecule has 0 saturated carbocycles. The Morgan fingerprint density at radius 1 is 1.20 bits per heavy atom. The van der Waals surface area contributed by atoms with Gasteiger partial charge in [-0.2, -0.15) is 0 Å². The van der Waals surface area contributed by atoms with Gasteiger partial charge < -0.3 is 15.0 Å². The highest BCUT2D eigenvalue weighted by atomic mass is 127. The molecule has 0 radical (unpaired) electrons. The molecular formula is C16H19IN2O. The first kappa shape index (κ1) is 13.9. The maximum atomic E-state index is 5.28. The summed E-state index contributed by atoms with van der Waals surface area (Å²) >= 11 is 2.53. The number of halogens is 1. The van der Waals surface area contributed by atoms with Crippen LogP contribution in [0.5, 0.6) is 5.75 Å². The quantitative estimate of drug-likeness (QED) is 0.490. The molecule has 0 aliphatic carbocycles. The molecule has 1 aliphatic rings. The van der Waals surface area contributed by atoms with Crippen LogP contribution in [0, 0.1) is 0 Å². The van der Waals surface area contributed by atoms with Gasteiger partial charge >= 0.3 is 0 Å². The van der Waals surface area contributed by atoms with E-state index < -0.39 is 0 Å². The van der Waals surface area contributed by atoms with Crippen molar-refractivity contribution < 1.29 is 4.74 Å². The van der Waals surface area contributed by atoms with Crippen molar-refractivity contribution in [3.8, 4) is 5.75 Å². The second kappa shape index (κ2) is 5.77. The van der Waals surface area contributed by atoms with Gasteiger partial charge in [0, 0.05) is 24.8 Å². The first-order valence-electron chi connectivity index (χ1n) is 6.91. The summed E-state index contributed by atoms with van der Waals surface area (Å²) in [6, 6.07) is 13.4. The Morgan fingerprint density at radius 2 is 1.95 bits per heavy atom. The van der Waals surface area contributed by atoms with E-state index in [0.29, 0.717) is 10.1 Å². The van der Waals surface area contributed by atoms with Crippen molar-refractivity contribution in [3.63, 3.8) is 0 Å². The lowest BCUT2D eigenvalue weighted by atomic mass is 10.1. The van der Waals surface area contributed by atoms with Crippen molar-refractivity contribution in [1.82, 2.24) is 5.32 Å². The van der Waals surface area contributed by atoms with Crippen LogP contribution in [-0.2, 0) is 0 Å². The molecule has 3 nitrogen and oxygen atoms in total. The van der Waals surface area contributed by atoms with E-state index in [2.05, 4.69) is 70.1 Å². The largest absolute Gasteiger partial charge is 0.497 e. The van der Waals surface area contributed by atoms with Gasteiger partial charge in [-0.05, 0) is 42.0 Å². The van der Waals surface area contributed by atoms with E-state index in [0.717, 1.165) is 18.8 Å². The van der Waals surface area contributed by atoms with Crippen LogP contribution in [0.4, 0.5) is 5.69 Å². The third-order valence-electron chi connectivity index (χ3n) is 3.89. The molecule has 1 heterocycles. The summed E-state index contributed by atoms with van der Waals surface area (Å²) in [5, 5.41) is 6.00. The monoisotopic (exact) mass is 382 g/mol. The lowest BCUT2D eigenvalue weighted by Gasteiger charge is -2.39. The van der Waals surface area contributed by atoms with Crippen molar-refractivity contribution in [2.24, 2.45) is 0 Å². The number of benzene rings is 2. The van der Waals surface area contributed by atoms with E-state index in [1.54, 1.807) is 7.11 Å². The molecule has 1 unspecified atom stereocenters. The number of nitrogens with zero attached hydrogens (tertiary/aromatic N) is 1. The van der Waals surface area contributed by atoms with Crippen LogP contribution in [0.1, 0.15) is 6.92 Å². The van der Waals surface area contributed by atoms with Gasteiger partial charge in [-0.3, -0.25) is 0 Å². The highest BCUT2D eigenvalue weighted by molar-refractivity contribution is 14.1. The molecule has 0 aromatic heterocycles. The van der Waals surface area contributed by atoms with Gasteiger partial charge in [0.1, 0.15) is 5.75 Å². The summed E-state index contributed by atoms with van der Waals surface area (Å²) in [4.78, 5) is 2.48. The van der Waals surface area contributed by atoms with Crippen molar-refractivity contribution in [3.05, 3.63) is 36.4 Å². The Kier molecular flexibility index (Phi) is 4.03. The van der Waals surface area contributed by atoms with Crippen LogP contribution >= 0.6 is 22.6 Å². The van der Waals surface area contributed by atoms with Crippen molar-refractivity contribution in [2.75, 3.05) is 25.1 Å². The molecule has 20 heavy (non-hydrogen) atoms. The van der Waals surface area contributed by atoms with Crippen LogP contribution in [0.15, 0.2) is 36.4 Å². The molecule has 0 amide bonds. The Hall–Kier alpha value is -1.01. The standard InChI is InChI=1S/C16H19IN2O/c1-11-16(17)19(8-7-18-11)14-5-3-13-10-15(20-2)6-4-12(13)9-14/h3-6,9-11,16,18H,7-8H2,1-2H3/t11-,16?/m1/s1. The zero-order chi connectivity index (χ0) is 14.1. The zero-order valence-electron chi connectivity index (χ0n) is 11.8. The highest BCUT2D eigenvalue weighted by Gasteiger charge is 2.25. The van der Waals surface area contributed by atoms with Crippen molar-refractivity contribution >= 4 is 39.1 Å². The van der Waals surface area contributed by atoms with Crippen molar-refractivity contribution in [1.29, 1.82) is 0 Å². The van der Waals surface area contributed by atoms with Crippen LogP contribution in [0.3, 0.4) is 0 Å². The second-order valence-corrected chi connectivity index (χ2v) is 6.48. The van der Waals surface area contributed by atoms with Crippen LogP contribution < -0.4 is 15.0 Å². The molecule has 106 valence electrons. The maximum Gasteiger partial charge on any atom is 0.119 e. The fraction of sp³-hybridized carbons (Fsp3) is 0.375. The SMILES string of the molecule is COc1ccc2cc(N3CCN[C@H](C)C3I)ccc2c1. The predicted octanol–water partition coefficient (Wildman–Crippen LogP) is 3.41. The molecule has 2 aromatic carbocycles. The first-order valence-corrected chi connectivity index (χ1v) is 8.15. The van der Waals surface area contributed by atoms with Crippen LogP contribution in [-0.4, -0.2) is 30.3 Å². The van der Waals surface area contributed by atoms with Gasteiger partial charge in [-0.1, -0.05) is 34.7 Å². The average molecular weight is 382 g/mol. The summed E-state index contributed by atoms with van der Waals surface area (Å²) in [7, 11) is 1.71. The molecule has 1 saturated heterocycles. The van der Waals surface area contributed by atoms with Crippen molar-refractivity contribution in [2.45, 2.75) is 17.0 Å². The summed E-state index contributed by atoms with van der Waals surface area (Å²) < 4.78 is 5.76. The molecule has 0 bridgehead atoms. The number of hydrogen-bond acceptors (Lipinski definition) is 3. The summed E-state index contributed by atoms with van der Waals surface area (Å²) in [6.45, 7) is 4.34. The number of nitrogens with one attached hydrogen (secondary N) is 1. The number of rotatable bonds is 2. The number of fused-ring (bicyclic) bond motifs is 1. The molecule has 2 atom stereocenters. The van der Waals surface area contributed by atoms with E-state index in [-0.39, 0.29) is 0 Å². The predicted molar refractivity (Wildman–Crippen MR) is 93.1 cm³/mol. The minimum Gasteiger partial charge on any atom is -0.497 e. The zero-order valence-corrected chi connectivity index (χ0v) is 13.9. The van der Waals surface area contributed by atoms with Gasteiger partial charge in [0.15, 0.2) is 0 Å². The molecule has 1 N–H and O–H groups in total. The molecular weight excluding hydrogens is 363 g/mol. The minimum absolute atomic E-state index is 0.483. The summed E-state index contributed by atoms with van der Waals surface area (Å²) in [5.41, 5.74) is 1.30. The molecule has 0 spiro atoms. The van der Waals surface area contributed by atoms with Gasteiger partial charge in [-0.25, -0.2) is 0 Å². The Bertz CT molecular complexity index is 616. The lowest BCUT2D eigenvalue weighted by Crippen LogP contribution is -2.54. The molecule has 1 fully saturated rings. The fourth-order valence-corrected chi connectivity index (χ4v) is 3.55. The average Bonchev–Trinajstić information content (AvgIpc) is 2.49. The number of hydrogen-bond donors (Lipinski definition) is 1. The molecule has 1 aliphatic heterocycles. The summed E-state index contributed by atoms with van der Waals surface area (Å²) in [5.74, 6) is 0.910. The Labute approximate surface area is 133 Å². The Morgan fingerprint density at radius 3 is 2.75 bits per heavy atom. The third kappa shape index (κ3) is 2.59. The first-order chi connectivity index (χ1) is 9.69. The maximum absolute atomic E-state index is 5.28. The number of anilines is 1. The number of piperazine rings is 1.